The first kappa shape index (κ1) is 17.9. The third-order valence-corrected chi connectivity index (χ3v) is 4.54. The summed E-state index contributed by atoms with van der Waals surface area (Å²) in [5, 5.41) is 12.6. The van der Waals surface area contributed by atoms with Crippen molar-refractivity contribution in [1.29, 1.82) is 0 Å². The predicted octanol–water partition coefficient (Wildman–Crippen LogP) is 2.29. The molecule has 142 valence electrons. The summed E-state index contributed by atoms with van der Waals surface area (Å²) in [7, 11) is 0. The normalized spacial score (nSPS) is 16.1. The van der Waals surface area contributed by atoms with Crippen molar-refractivity contribution in [3.05, 3.63) is 64.6 Å². The summed E-state index contributed by atoms with van der Waals surface area (Å²) < 4.78 is 5.35. The number of amides is 2. The number of nitrogens with one attached hydrogen (secondary N) is 3. The van der Waals surface area contributed by atoms with Crippen molar-refractivity contribution in [2.24, 2.45) is 0 Å². The lowest BCUT2D eigenvalue weighted by atomic mass is 10.1. The highest BCUT2D eigenvalue weighted by molar-refractivity contribution is 6.11. The van der Waals surface area contributed by atoms with Crippen molar-refractivity contribution in [2.75, 3.05) is 17.2 Å². The Balaban J connectivity index is 1.47. The van der Waals surface area contributed by atoms with Crippen LogP contribution in [0.15, 0.2) is 53.3 Å². The van der Waals surface area contributed by atoms with E-state index in [0.717, 1.165) is 12.8 Å². The second-order valence-electron chi connectivity index (χ2n) is 6.47. The number of hydrogen-bond acceptors (Lipinski definition) is 5. The van der Waals surface area contributed by atoms with Gasteiger partial charge in [0.15, 0.2) is 5.69 Å². The zero-order valence-electron chi connectivity index (χ0n) is 14.9. The van der Waals surface area contributed by atoms with Gasteiger partial charge < -0.3 is 15.4 Å². The molecule has 0 bridgehead atoms. The molecule has 1 aliphatic rings. The van der Waals surface area contributed by atoms with Crippen LogP contribution in [0.3, 0.4) is 0 Å². The third kappa shape index (κ3) is 3.63. The van der Waals surface area contributed by atoms with Crippen molar-refractivity contribution < 1.29 is 14.3 Å². The summed E-state index contributed by atoms with van der Waals surface area (Å²) in [5.74, 6) is -0.609. The molecule has 1 saturated heterocycles. The van der Waals surface area contributed by atoms with E-state index in [1.807, 2.05) is 0 Å². The van der Waals surface area contributed by atoms with E-state index in [9.17, 15) is 14.4 Å². The lowest BCUT2D eigenvalue weighted by Crippen LogP contribution is -2.26. The Bertz CT molecular complexity index is 1090. The van der Waals surface area contributed by atoms with Crippen LogP contribution in [0.4, 0.5) is 11.4 Å². The van der Waals surface area contributed by atoms with E-state index in [0.29, 0.717) is 28.8 Å². The average Bonchev–Trinajstić information content (AvgIpc) is 3.25. The Morgan fingerprint density at radius 2 is 1.68 bits per heavy atom. The maximum atomic E-state index is 12.6. The van der Waals surface area contributed by atoms with Gasteiger partial charge in [0.25, 0.3) is 17.4 Å². The molecule has 1 atom stereocenters. The Morgan fingerprint density at radius 1 is 1.00 bits per heavy atom. The zero-order chi connectivity index (χ0) is 19.5. The molecular weight excluding hydrogens is 360 g/mol. The Labute approximate surface area is 159 Å². The lowest BCUT2D eigenvalue weighted by Gasteiger charge is -2.11. The summed E-state index contributed by atoms with van der Waals surface area (Å²) in [4.78, 5) is 36.5. The van der Waals surface area contributed by atoms with E-state index in [4.69, 9.17) is 4.74 Å². The molecule has 28 heavy (non-hydrogen) atoms. The Kier molecular flexibility index (Phi) is 4.86. The van der Waals surface area contributed by atoms with Gasteiger partial charge in [0, 0.05) is 23.4 Å². The second-order valence-corrected chi connectivity index (χ2v) is 6.47. The summed E-state index contributed by atoms with van der Waals surface area (Å²) in [6.07, 6.45) is 1.20. The van der Waals surface area contributed by atoms with Gasteiger partial charge >= 0.3 is 0 Å². The third-order valence-electron chi connectivity index (χ3n) is 4.54. The van der Waals surface area contributed by atoms with E-state index in [2.05, 4.69) is 20.8 Å². The highest BCUT2D eigenvalue weighted by atomic mass is 16.5. The van der Waals surface area contributed by atoms with Crippen molar-refractivity contribution in [3.8, 4) is 0 Å². The molecule has 3 N–H and O–H groups in total. The maximum Gasteiger partial charge on any atom is 0.276 e. The molecule has 0 radical (unpaired) electrons. The van der Waals surface area contributed by atoms with Crippen molar-refractivity contribution in [3.63, 3.8) is 0 Å². The number of carbonyl (C=O) groups excluding carboxylic acids is 2. The number of anilines is 2. The highest BCUT2D eigenvalue weighted by Crippen LogP contribution is 2.19. The zero-order valence-corrected chi connectivity index (χ0v) is 14.9. The van der Waals surface area contributed by atoms with Crippen LogP contribution in [0, 0.1) is 0 Å². The van der Waals surface area contributed by atoms with E-state index < -0.39 is 12.0 Å². The minimum atomic E-state index is -0.441. The first-order valence-electron chi connectivity index (χ1n) is 8.93. The Hall–Kier alpha value is -3.52. The largest absolute Gasteiger partial charge is 0.368 e. The molecule has 2 amide bonds. The maximum absolute atomic E-state index is 12.6. The van der Waals surface area contributed by atoms with Crippen LogP contribution in [0.25, 0.3) is 10.8 Å². The number of fused-ring (bicyclic) bond motifs is 1. The second kappa shape index (κ2) is 7.61. The summed E-state index contributed by atoms with van der Waals surface area (Å²) in [5.41, 5.74) is 0.938. The molecule has 1 fully saturated rings. The van der Waals surface area contributed by atoms with Gasteiger partial charge in [0.2, 0.25) is 0 Å². The molecule has 1 unspecified atom stereocenters. The first-order chi connectivity index (χ1) is 13.6. The first-order valence-corrected chi connectivity index (χ1v) is 8.93. The van der Waals surface area contributed by atoms with Crippen molar-refractivity contribution in [1.82, 2.24) is 10.2 Å². The minimum absolute atomic E-state index is 0.131. The van der Waals surface area contributed by atoms with Crippen LogP contribution >= 0.6 is 0 Å². The molecule has 1 aromatic heterocycles. The molecule has 8 heteroatoms. The smallest absolute Gasteiger partial charge is 0.276 e. The van der Waals surface area contributed by atoms with Crippen LogP contribution in [0.5, 0.6) is 0 Å². The van der Waals surface area contributed by atoms with Gasteiger partial charge in [-0.2, -0.15) is 5.10 Å². The molecular formula is C20H18N4O4. The molecule has 2 aromatic carbocycles. The van der Waals surface area contributed by atoms with Gasteiger partial charge in [0.05, 0.1) is 5.39 Å². The monoisotopic (exact) mass is 378 g/mol. The fraction of sp³-hybridized carbons (Fsp3) is 0.200. The van der Waals surface area contributed by atoms with Crippen LogP contribution < -0.4 is 16.2 Å². The fourth-order valence-electron chi connectivity index (χ4n) is 3.12. The van der Waals surface area contributed by atoms with Crippen LogP contribution in [0.2, 0.25) is 0 Å². The molecule has 8 nitrogen and oxygen atoms in total. The summed E-state index contributed by atoms with van der Waals surface area (Å²) >= 11 is 0. The van der Waals surface area contributed by atoms with Gasteiger partial charge in [-0.15, -0.1) is 0 Å². The highest BCUT2D eigenvalue weighted by Gasteiger charge is 2.23. The van der Waals surface area contributed by atoms with Gasteiger partial charge in [0.1, 0.15) is 6.10 Å². The van der Waals surface area contributed by atoms with E-state index in [1.165, 1.54) is 0 Å². The number of benzene rings is 2. The standard InChI is InChI=1S/C20H18N4O4/c25-18-15-5-2-1-4-14(15)17(23-24-18)20(27)22-13-9-7-12(8-10-13)21-19(26)16-6-3-11-28-16/h1-2,4-5,7-10,16H,3,6,11H2,(H,21,26)(H,22,27)(H,24,25). The topological polar surface area (TPSA) is 113 Å². The van der Waals surface area contributed by atoms with E-state index >= 15 is 0 Å². The average molecular weight is 378 g/mol. The molecule has 0 spiro atoms. The Morgan fingerprint density at radius 3 is 2.36 bits per heavy atom. The van der Waals surface area contributed by atoms with Crippen LogP contribution in [-0.2, 0) is 9.53 Å². The number of H-pyrrole nitrogens is 1. The number of rotatable bonds is 4. The number of aromatic amines is 1. The quantitative estimate of drug-likeness (QED) is 0.645. The lowest BCUT2D eigenvalue weighted by molar-refractivity contribution is -0.124. The van der Waals surface area contributed by atoms with Crippen molar-refractivity contribution in [2.45, 2.75) is 18.9 Å². The minimum Gasteiger partial charge on any atom is -0.368 e. The summed E-state index contributed by atoms with van der Waals surface area (Å²) in [6, 6.07) is 13.5. The van der Waals surface area contributed by atoms with E-state index in [1.54, 1.807) is 48.5 Å². The summed E-state index contributed by atoms with van der Waals surface area (Å²) in [6.45, 7) is 0.608. The number of ether oxygens (including phenoxy) is 1. The fourth-order valence-corrected chi connectivity index (χ4v) is 3.12. The molecule has 2 heterocycles. The number of aromatic nitrogens is 2. The molecule has 3 aromatic rings. The van der Waals surface area contributed by atoms with Crippen LogP contribution in [0.1, 0.15) is 23.3 Å². The molecule has 1 aliphatic heterocycles. The predicted molar refractivity (Wildman–Crippen MR) is 104 cm³/mol. The van der Waals surface area contributed by atoms with Crippen molar-refractivity contribution >= 4 is 34.0 Å². The SMILES string of the molecule is O=C(Nc1ccc(NC(=O)C2CCCO2)cc1)c1n[nH]c(=O)c2ccccc12. The molecule has 4 rings (SSSR count). The van der Waals surface area contributed by atoms with Gasteiger partial charge in [-0.3, -0.25) is 14.4 Å². The molecule has 0 saturated carbocycles. The van der Waals surface area contributed by atoms with E-state index in [-0.39, 0.29) is 17.2 Å². The number of nitrogens with zero attached hydrogens (tertiary/aromatic N) is 1. The number of hydrogen-bond donors (Lipinski definition) is 3. The van der Waals surface area contributed by atoms with Gasteiger partial charge in [-0.1, -0.05) is 18.2 Å². The molecule has 0 aliphatic carbocycles. The van der Waals surface area contributed by atoms with Gasteiger partial charge in [-0.25, -0.2) is 5.10 Å². The van der Waals surface area contributed by atoms with Crippen LogP contribution in [-0.4, -0.2) is 34.7 Å². The number of carbonyl (C=O) groups is 2. The van der Waals surface area contributed by atoms with Gasteiger partial charge in [-0.05, 0) is 43.2 Å².